The Balaban J connectivity index is 1.79. The molecule has 1 amide bonds. The maximum atomic E-state index is 12.3. The first kappa shape index (κ1) is 11.5. The molecule has 1 aliphatic rings. The minimum atomic E-state index is -0.0151. The van der Waals surface area contributed by atoms with E-state index in [1.807, 2.05) is 12.3 Å². The molecule has 3 rings (SSSR count). The van der Waals surface area contributed by atoms with E-state index >= 15 is 0 Å². The van der Waals surface area contributed by atoms with Crippen LogP contribution in [0.15, 0.2) is 36.7 Å². The van der Waals surface area contributed by atoms with Crippen LogP contribution in [-0.2, 0) is 13.1 Å². The Labute approximate surface area is 110 Å². The third-order valence-electron chi connectivity index (χ3n) is 3.29. The normalized spacial score (nSPS) is 13.7. The molecule has 0 atom stereocenters. The molecule has 5 nitrogen and oxygen atoms in total. The molecule has 5 heteroatoms. The summed E-state index contributed by atoms with van der Waals surface area (Å²) < 4.78 is 2.06. The predicted molar refractivity (Wildman–Crippen MR) is 68.1 cm³/mol. The zero-order valence-corrected chi connectivity index (χ0v) is 10.3. The molecule has 0 unspecified atom stereocenters. The Kier molecular flexibility index (Phi) is 2.76. The van der Waals surface area contributed by atoms with E-state index in [1.165, 1.54) is 0 Å². The molecule has 0 spiro atoms. The van der Waals surface area contributed by atoms with Crippen LogP contribution >= 0.6 is 0 Å². The van der Waals surface area contributed by atoms with Crippen molar-refractivity contribution in [3.05, 3.63) is 53.6 Å². The minimum absolute atomic E-state index is 0.0151. The Morgan fingerprint density at radius 3 is 2.79 bits per heavy atom. The summed E-state index contributed by atoms with van der Waals surface area (Å²) >= 11 is 0. The van der Waals surface area contributed by atoms with Crippen molar-refractivity contribution in [1.82, 2.24) is 14.5 Å². The summed E-state index contributed by atoms with van der Waals surface area (Å²) in [4.78, 5) is 18.4. The summed E-state index contributed by atoms with van der Waals surface area (Å²) in [6, 6.07) is 8.77. The van der Waals surface area contributed by atoms with Crippen LogP contribution in [0.5, 0.6) is 0 Å². The molecule has 1 aliphatic heterocycles. The van der Waals surface area contributed by atoms with Crippen molar-refractivity contribution in [3.8, 4) is 6.07 Å². The summed E-state index contributed by atoms with van der Waals surface area (Å²) in [6.45, 7) is 1.99. The number of carbonyl (C=O) groups is 1. The van der Waals surface area contributed by atoms with Gasteiger partial charge in [0.05, 0.1) is 18.2 Å². The number of aromatic nitrogens is 2. The number of hydrogen-bond acceptors (Lipinski definition) is 3. The van der Waals surface area contributed by atoms with Crippen LogP contribution in [0, 0.1) is 11.3 Å². The van der Waals surface area contributed by atoms with Crippen LogP contribution in [0.2, 0.25) is 0 Å². The largest absolute Gasteiger partial charge is 0.332 e. The van der Waals surface area contributed by atoms with E-state index in [1.54, 1.807) is 35.4 Å². The van der Waals surface area contributed by atoms with Crippen LogP contribution in [0.25, 0.3) is 0 Å². The van der Waals surface area contributed by atoms with Crippen molar-refractivity contribution in [2.75, 3.05) is 6.54 Å². The lowest BCUT2D eigenvalue weighted by Crippen LogP contribution is -2.38. The molecule has 19 heavy (non-hydrogen) atoms. The summed E-state index contributed by atoms with van der Waals surface area (Å²) in [6.07, 6.45) is 3.68. The smallest absolute Gasteiger partial charge is 0.254 e. The number of imidazole rings is 1. The van der Waals surface area contributed by atoms with E-state index in [2.05, 4.69) is 9.55 Å². The van der Waals surface area contributed by atoms with Crippen LogP contribution in [0.3, 0.4) is 0 Å². The molecule has 2 heterocycles. The number of nitrogens with zero attached hydrogens (tertiary/aromatic N) is 4. The second-order valence-corrected chi connectivity index (χ2v) is 4.45. The number of benzene rings is 1. The monoisotopic (exact) mass is 252 g/mol. The van der Waals surface area contributed by atoms with Gasteiger partial charge < -0.3 is 9.47 Å². The maximum absolute atomic E-state index is 12.3. The van der Waals surface area contributed by atoms with Gasteiger partial charge >= 0.3 is 0 Å². The Morgan fingerprint density at radius 1 is 1.26 bits per heavy atom. The van der Waals surface area contributed by atoms with Crippen molar-refractivity contribution in [2.24, 2.45) is 0 Å². The SMILES string of the molecule is N#Cc1ccc(C(=O)N2CCn3ccnc3C2)cc1. The fourth-order valence-electron chi connectivity index (χ4n) is 2.22. The summed E-state index contributed by atoms with van der Waals surface area (Å²) in [5.74, 6) is 0.895. The van der Waals surface area contributed by atoms with Gasteiger partial charge in [0.2, 0.25) is 0 Å². The highest BCUT2D eigenvalue weighted by atomic mass is 16.2. The van der Waals surface area contributed by atoms with Crippen LogP contribution in [0.4, 0.5) is 0 Å². The Hall–Kier alpha value is -2.61. The molecule has 0 saturated carbocycles. The molecule has 0 radical (unpaired) electrons. The lowest BCUT2D eigenvalue weighted by atomic mass is 10.1. The zero-order valence-electron chi connectivity index (χ0n) is 10.3. The van der Waals surface area contributed by atoms with Crippen molar-refractivity contribution >= 4 is 5.91 Å². The quantitative estimate of drug-likeness (QED) is 0.771. The van der Waals surface area contributed by atoms with Gasteiger partial charge in [-0.1, -0.05) is 0 Å². The maximum Gasteiger partial charge on any atom is 0.254 e. The number of carbonyl (C=O) groups excluding carboxylic acids is 1. The third kappa shape index (κ3) is 2.08. The molecule has 0 bridgehead atoms. The van der Waals surface area contributed by atoms with E-state index in [0.29, 0.717) is 24.2 Å². The van der Waals surface area contributed by atoms with Crippen LogP contribution in [-0.4, -0.2) is 26.9 Å². The lowest BCUT2D eigenvalue weighted by Gasteiger charge is -2.27. The minimum Gasteiger partial charge on any atom is -0.332 e. The highest BCUT2D eigenvalue weighted by Crippen LogP contribution is 2.14. The van der Waals surface area contributed by atoms with Crippen LogP contribution in [0.1, 0.15) is 21.7 Å². The number of fused-ring (bicyclic) bond motifs is 1. The van der Waals surface area contributed by atoms with Gasteiger partial charge in [-0.15, -0.1) is 0 Å². The van der Waals surface area contributed by atoms with Gasteiger partial charge in [0.25, 0.3) is 5.91 Å². The van der Waals surface area contributed by atoms with E-state index in [0.717, 1.165) is 12.4 Å². The lowest BCUT2D eigenvalue weighted by molar-refractivity contribution is 0.0707. The molecule has 0 fully saturated rings. The van der Waals surface area contributed by atoms with E-state index in [4.69, 9.17) is 5.26 Å². The fraction of sp³-hybridized carbons (Fsp3) is 0.214. The summed E-state index contributed by atoms with van der Waals surface area (Å²) in [5.41, 5.74) is 1.17. The topological polar surface area (TPSA) is 61.9 Å². The van der Waals surface area contributed by atoms with Gasteiger partial charge in [0, 0.05) is 31.0 Å². The number of rotatable bonds is 1. The Morgan fingerprint density at radius 2 is 2.05 bits per heavy atom. The fourth-order valence-corrected chi connectivity index (χ4v) is 2.22. The highest BCUT2D eigenvalue weighted by molar-refractivity contribution is 5.94. The highest BCUT2D eigenvalue weighted by Gasteiger charge is 2.22. The first-order valence-electron chi connectivity index (χ1n) is 6.07. The van der Waals surface area contributed by atoms with Gasteiger partial charge in [-0.25, -0.2) is 4.98 Å². The Bertz CT molecular complexity index is 651. The number of hydrogen-bond donors (Lipinski definition) is 0. The first-order chi connectivity index (χ1) is 9.28. The van der Waals surface area contributed by atoms with Crippen molar-refractivity contribution < 1.29 is 4.79 Å². The molecule has 0 N–H and O–H groups in total. The first-order valence-corrected chi connectivity index (χ1v) is 6.07. The molecular weight excluding hydrogens is 240 g/mol. The summed E-state index contributed by atoms with van der Waals surface area (Å²) in [5, 5.41) is 8.75. The van der Waals surface area contributed by atoms with Crippen LogP contribution < -0.4 is 0 Å². The molecule has 2 aromatic rings. The van der Waals surface area contributed by atoms with Crippen molar-refractivity contribution in [1.29, 1.82) is 5.26 Å². The molecule has 1 aromatic carbocycles. The van der Waals surface area contributed by atoms with E-state index in [9.17, 15) is 4.79 Å². The third-order valence-corrected chi connectivity index (χ3v) is 3.29. The predicted octanol–water partition coefficient (Wildman–Crippen LogP) is 1.41. The zero-order chi connectivity index (χ0) is 13.2. The average Bonchev–Trinajstić information content (AvgIpc) is 2.94. The average molecular weight is 252 g/mol. The second kappa shape index (κ2) is 4.58. The molecule has 1 aromatic heterocycles. The van der Waals surface area contributed by atoms with Gasteiger partial charge in [0.1, 0.15) is 5.82 Å². The molecule has 94 valence electrons. The van der Waals surface area contributed by atoms with E-state index < -0.39 is 0 Å². The van der Waals surface area contributed by atoms with E-state index in [-0.39, 0.29) is 5.91 Å². The van der Waals surface area contributed by atoms with Gasteiger partial charge in [0.15, 0.2) is 0 Å². The number of nitriles is 1. The van der Waals surface area contributed by atoms with Gasteiger partial charge in [-0.2, -0.15) is 5.26 Å². The van der Waals surface area contributed by atoms with Gasteiger partial charge in [-0.3, -0.25) is 4.79 Å². The second-order valence-electron chi connectivity index (χ2n) is 4.45. The standard InChI is InChI=1S/C14H12N4O/c15-9-11-1-3-12(4-2-11)14(19)18-8-7-17-6-5-16-13(17)10-18/h1-6H,7-8,10H2. The van der Waals surface area contributed by atoms with Crippen molar-refractivity contribution in [3.63, 3.8) is 0 Å². The van der Waals surface area contributed by atoms with Gasteiger partial charge in [-0.05, 0) is 24.3 Å². The molecular formula is C14H12N4O. The summed E-state index contributed by atoms with van der Waals surface area (Å²) in [7, 11) is 0. The molecule has 0 saturated heterocycles. The molecule has 0 aliphatic carbocycles. The van der Waals surface area contributed by atoms with Crippen molar-refractivity contribution in [2.45, 2.75) is 13.1 Å². The number of amides is 1.